The lowest BCUT2D eigenvalue weighted by Crippen LogP contribution is -2.37. The van der Waals surface area contributed by atoms with Crippen LogP contribution < -0.4 is 9.96 Å². The van der Waals surface area contributed by atoms with Gasteiger partial charge in [0.2, 0.25) is 5.91 Å². The van der Waals surface area contributed by atoms with Crippen LogP contribution in [0.25, 0.3) is 0 Å². The molecule has 7 heteroatoms. The number of rotatable bonds is 3. The predicted molar refractivity (Wildman–Crippen MR) is 118 cm³/mol. The number of imide groups is 1. The van der Waals surface area contributed by atoms with Crippen molar-refractivity contribution in [2.75, 3.05) is 9.96 Å². The fraction of sp³-hybridized carbons (Fsp3) is 0.130. The number of fused-ring (bicyclic) bond motifs is 1. The summed E-state index contributed by atoms with van der Waals surface area (Å²) in [5.41, 5.74) is 2.12. The quantitative estimate of drug-likeness (QED) is 0.483. The molecule has 3 aromatic rings. The molecular formula is C23H16BrClN2O3. The fourth-order valence-corrected chi connectivity index (χ4v) is 4.55. The van der Waals surface area contributed by atoms with Gasteiger partial charge in [-0.3, -0.25) is 14.4 Å². The zero-order chi connectivity index (χ0) is 20.8. The third kappa shape index (κ3) is 3.12. The number of carbonyl (C=O) groups is 2. The van der Waals surface area contributed by atoms with E-state index in [-0.39, 0.29) is 11.8 Å². The molecule has 0 aromatic heterocycles. The topological polar surface area (TPSA) is 49.9 Å². The molecule has 2 aliphatic rings. The highest BCUT2D eigenvalue weighted by molar-refractivity contribution is 9.10. The molecule has 2 aliphatic heterocycles. The SMILES string of the molecule is O=C1[C@H]2[C@H](ON(c3ccccc3)[C@H]2c2cccc(Cl)c2)C(=O)N1c1ccc(Br)cc1. The number of para-hydroxylation sites is 1. The summed E-state index contributed by atoms with van der Waals surface area (Å²) in [6, 6.07) is 23.4. The molecule has 30 heavy (non-hydrogen) atoms. The second-order valence-corrected chi connectivity index (χ2v) is 8.55. The van der Waals surface area contributed by atoms with Gasteiger partial charge in [-0.25, -0.2) is 9.96 Å². The minimum absolute atomic E-state index is 0.282. The van der Waals surface area contributed by atoms with E-state index in [0.717, 1.165) is 15.7 Å². The molecule has 0 spiro atoms. The predicted octanol–water partition coefficient (Wildman–Crippen LogP) is 5.15. The first kappa shape index (κ1) is 19.3. The van der Waals surface area contributed by atoms with E-state index in [1.54, 1.807) is 35.4 Å². The van der Waals surface area contributed by atoms with Crippen LogP contribution in [0.5, 0.6) is 0 Å². The van der Waals surface area contributed by atoms with Crippen LogP contribution in [0.1, 0.15) is 11.6 Å². The van der Waals surface area contributed by atoms with Gasteiger partial charge in [-0.2, -0.15) is 0 Å². The third-order valence-corrected chi connectivity index (χ3v) is 6.16. The van der Waals surface area contributed by atoms with Crippen molar-refractivity contribution in [3.05, 3.63) is 93.9 Å². The van der Waals surface area contributed by atoms with Crippen molar-refractivity contribution in [2.24, 2.45) is 5.92 Å². The average Bonchev–Trinajstić information content (AvgIpc) is 3.26. The second-order valence-electron chi connectivity index (χ2n) is 7.20. The lowest BCUT2D eigenvalue weighted by atomic mass is 9.90. The van der Waals surface area contributed by atoms with Crippen LogP contribution in [0.3, 0.4) is 0 Å². The molecule has 5 nitrogen and oxygen atoms in total. The molecule has 150 valence electrons. The van der Waals surface area contributed by atoms with E-state index in [4.69, 9.17) is 16.4 Å². The number of nitrogens with zero attached hydrogens (tertiary/aromatic N) is 2. The van der Waals surface area contributed by atoms with Gasteiger partial charge in [0.15, 0.2) is 6.10 Å². The van der Waals surface area contributed by atoms with Gasteiger partial charge in [0.1, 0.15) is 5.92 Å². The van der Waals surface area contributed by atoms with E-state index in [9.17, 15) is 9.59 Å². The molecule has 2 fully saturated rings. The number of anilines is 2. The second kappa shape index (κ2) is 7.54. The first-order valence-corrected chi connectivity index (χ1v) is 10.6. The lowest BCUT2D eigenvalue weighted by Gasteiger charge is -2.28. The number of hydrogen-bond acceptors (Lipinski definition) is 4. The van der Waals surface area contributed by atoms with Gasteiger partial charge in [-0.05, 0) is 54.1 Å². The maximum Gasteiger partial charge on any atom is 0.266 e. The Labute approximate surface area is 186 Å². The number of carbonyl (C=O) groups excluding carboxylic acids is 2. The van der Waals surface area contributed by atoms with Crippen molar-refractivity contribution in [3.8, 4) is 0 Å². The van der Waals surface area contributed by atoms with Crippen LogP contribution in [0.15, 0.2) is 83.3 Å². The van der Waals surface area contributed by atoms with Crippen LogP contribution in [0, 0.1) is 5.92 Å². The maximum absolute atomic E-state index is 13.5. The van der Waals surface area contributed by atoms with Gasteiger partial charge in [0.05, 0.1) is 17.4 Å². The Bertz CT molecular complexity index is 1120. The molecule has 2 amide bonds. The molecule has 2 heterocycles. The summed E-state index contributed by atoms with van der Waals surface area (Å²) in [4.78, 5) is 34.0. The normalized spacial score (nSPS) is 23.2. The van der Waals surface area contributed by atoms with Crippen LogP contribution >= 0.6 is 27.5 Å². The largest absolute Gasteiger partial charge is 0.273 e. The Balaban J connectivity index is 1.59. The Kier molecular flexibility index (Phi) is 4.85. The van der Waals surface area contributed by atoms with E-state index < -0.39 is 18.1 Å². The average molecular weight is 484 g/mol. The molecule has 0 aliphatic carbocycles. The van der Waals surface area contributed by atoms with E-state index in [2.05, 4.69) is 15.9 Å². The van der Waals surface area contributed by atoms with Gasteiger partial charge in [0.25, 0.3) is 5.91 Å². The standard InChI is InChI=1S/C23H16BrClN2O3/c24-15-9-11-17(12-10-15)26-22(28)19-20(14-5-4-6-16(25)13-14)27(30-21(19)23(26)29)18-7-2-1-3-8-18/h1-13,19-21H/t19-,20+,21+/m1/s1. The van der Waals surface area contributed by atoms with Gasteiger partial charge in [0, 0.05) is 9.50 Å². The Morgan fingerprint density at radius 1 is 0.833 bits per heavy atom. The highest BCUT2D eigenvalue weighted by atomic mass is 79.9. The molecule has 2 saturated heterocycles. The molecule has 3 aromatic carbocycles. The zero-order valence-corrected chi connectivity index (χ0v) is 18.0. The molecule has 0 bridgehead atoms. The van der Waals surface area contributed by atoms with E-state index >= 15 is 0 Å². The van der Waals surface area contributed by atoms with Crippen LogP contribution in [-0.2, 0) is 14.4 Å². The smallest absolute Gasteiger partial charge is 0.266 e. The summed E-state index contributed by atoms with van der Waals surface area (Å²) in [6.07, 6.45) is -0.898. The van der Waals surface area contributed by atoms with E-state index in [0.29, 0.717) is 10.7 Å². The van der Waals surface area contributed by atoms with Crippen molar-refractivity contribution < 1.29 is 14.4 Å². The van der Waals surface area contributed by atoms with Crippen LogP contribution in [0.4, 0.5) is 11.4 Å². The number of hydroxylamine groups is 1. The molecule has 0 unspecified atom stereocenters. The van der Waals surface area contributed by atoms with Crippen molar-refractivity contribution in [3.63, 3.8) is 0 Å². The zero-order valence-electron chi connectivity index (χ0n) is 15.6. The fourth-order valence-electron chi connectivity index (χ4n) is 4.09. The molecule has 3 atom stereocenters. The molecule has 0 radical (unpaired) electrons. The number of benzene rings is 3. The molecule has 0 saturated carbocycles. The minimum Gasteiger partial charge on any atom is -0.273 e. The Hall–Kier alpha value is -2.67. The summed E-state index contributed by atoms with van der Waals surface area (Å²) in [6.45, 7) is 0. The van der Waals surface area contributed by atoms with Crippen LogP contribution in [0.2, 0.25) is 5.02 Å². The summed E-state index contributed by atoms with van der Waals surface area (Å²) in [7, 11) is 0. The Morgan fingerprint density at radius 3 is 2.27 bits per heavy atom. The lowest BCUT2D eigenvalue weighted by molar-refractivity contribution is -0.126. The van der Waals surface area contributed by atoms with E-state index in [1.165, 1.54) is 4.90 Å². The Morgan fingerprint density at radius 2 is 1.57 bits per heavy atom. The molecular weight excluding hydrogens is 468 g/mol. The number of halogens is 2. The molecule has 0 N–H and O–H groups in total. The van der Waals surface area contributed by atoms with E-state index in [1.807, 2.05) is 48.5 Å². The van der Waals surface area contributed by atoms with Crippen LogP contribution in [-0.4, -0.2) is 17.9 Å². The summed E-state index contributed by atoms with van der Waals surface area (Å²) in [5, 5.41) is 2.22. The highest BCUT2D eigenvalue weighted by Gasteiger charge is 2.60. The highest BCUT2D eigenvalue weighted by Crippen LogP contribution is 2.47. The summed E-state index contributed by atoms with van der Waals surface area (Å²) >= 11 is 9.62. The van der Waals surface area contributed by atoms with Crippen molar-refractivity contribution in [1.82, 2.24) is 0 Å². The number of amides is 2. The van der Waals surface area contributed by atoms with Crippen molar-refractivity contribution in [1.29, 1.82) is 0 Å². The van der Waals surface area contributed by atoms with Crippen molar-refractivity contribution >= 4 is 50.7 Å². The summed E-state index contributed by atoms with van der Waals surface area (Å²) in [5.74, 6) is -1.33. The summed E-state index contributed by atoms with van der Waals surface area (Å²) < 4.78 is 0.869. The minimum atomic E-state index is -0.898. The first-order valence-electron chi connectivity index (χ1n) is 9.44. The maximum atomic E-state index is 13.5. The number of hydrogen-bond donors (Lipinski definition) is 0. The van der Waals surface area contributed by atoms with Gasteiger partial charge < -0.3 is 0 Å². The van der Waals surface area contributed by atoms with Gasteiger partial charge >= 0.3 is 0 Å². The third-order valence-electron chi connectivity index (χ3n) is 5.40. The monoisotopic (exact) mass is 482 g/mol. The van der Waals surface area contributed by atoms with Gasteiger partial charge in [-0.15, -0.1) is 0 Å². The first-order chi connectivity index (χ1) is 14.5. The molecule has 5 rings (SSSR count). The van der Waals surface area contributed by atoms with Gasteiger partial charge in [-0.1, -0.05) is 57.9 Å². The van der Waals surface area contributed by atoms with Crippen molar-refractivity contribution in [2.45, 2.75) is 12.1 Å².